The highest BCUT2D eigenvalue weighted by atomic mass is 19.1. The van der Waals surface area contributed by atoms with Crippen LogP contribution in [0.15, 0.2) is 53.7 Å². The van der Waals surface area contributed by atoms with Gasteiger partial charge in [0.15, 0.2) is 5.65 Å². The zero-order valence-corrected chi connectivity index (χ0v) is 18.2. The molecule has 34 heavy (non-hydrogen) atoms. The van der Waals surface area contributed by atoms with Crippen molar-refractivity contribution in [1.29, 1.82) is 5.26 Å². The monoisotopic (exact) mass is 457 g/mol. The second-order valence-electron chi connectivity index (χ2n) is 8.07. The number of aliphatic hydroxyl groups excluding tert-OH is 1. The summed E-state index contributed by atoms with van der Waals surface area (Å²) in [7, 11) is 1.65. The average molecular weight is 457 g/mol. The second kappa shape index (κ2) is 8.53. The Labute approximate surface area is 192 Å². The molecule has 3 heterocycles. The largest absolute Gasteiger partial charge is 0.388 e. The molecule has 0 saturated heterocycles. The van der Waals surface area contributed by atoms with Crippen LogP contribution >= 0.6 is 0 Å². The first-order valence-corrected chi connectivity index (χ1v) is 10.7. The van der Waals surface area contributed by atoms with Crippen LogP contribution in [0, 0.1) is 17.1 Å². The normalized spacial score (nSPS) is 14.9. The first kappa shape index (κ1) is 21.5. The van der Waals surface area contributed by atoms with Crippen molar-refractivity contribution in [3.05, 3.63) is 81.9 Å². The molecule has 0 unspecified atom stereocenters. The molecule has 2 aromatic carbocycles. The van der Waals surface area contributed by atoms with Crippen molar-refractivity contribution >= 4 is 22.2 Å². The second-order valence-corrected chi connectivity index (χ2v) is 8.07. The number of H-pyrrole nitrogens is 1. The molecule has 9 nitrogen and oxygen atoms in total. The molecule has 1 aliphatic carbocycles. The van der Waals surface area contributed by atoms with E-state index < -0.39 is 0 Å². The molecule has 1 aliphatic rings. The third kappa shape index (κ3) is 3.82. The van der Waals surface area contributed by atoms with E-state index in [4.69, 9.17) is 5.26 Å². The standard InChI is InChI=1S/C14H9N7O.C10H11FO/c1-20-11-6-16-13(18-12(11)19-14(20)22)21-7-17-9-3-2-8(5-15)4-10(9)21;11-8-4-5-9-7(6-8)2-1-3-10(9)12/h2-4,6-7H,1H3,(H,16,18,19,22);4-6,10,12H,1-3H2/t;10-/m.1/s1. The van der Waals surface area contributed by atoms with Crippen LogP contribution in [-0.4, -0.2) is 34.2 Å². The van der Waals surface area contributed by atoms with Crippen molar-refractivity contribution < 1.29 is 9.50 Å². The minimum atomic E-state index is -0.380. The molecular weight excluding hydrogens is 437 g/mol. The summed E-state index contributed by atoms with van der Waals surface area (Å²) >= 11 is 0. The lowest BCUT2D eigenvalue weighted by Gasteiger charge is -2.20. The number of aryl methyl sites for hydroxylation is 2. The van der Waals surface area contributed by atoms with Crippen LogP contribution in [0.4, 0.5) is 4.39 Å². The number of halogens is 1. The fourth-order valence-electron chi connectivity index (χ4n) is 4.11. The summed E-state index contributed by atoms with van der Waals surface area (Å²) < 4.78 is 15.9. The molecule has 5 aromatic rings. The summed E-state index contributed by atoms with van der Waals surface area (Å²) in [6, 6.07) is 11.9. The van der Waals surface area contributed by atoms with Crippen LogP contribution in [0.2, 0.25) is 0 Å². The molecular formula is C24H20FN7O2. The predicted molar refractivity (Wildman–Crippen MR) is 123 cm³/mol. The van der Waals surface area contributed by atoms with E-state index in [1.165, 1.54) is 16.7 Å². The SMILES string of the molecule is Cn1c(=O)[nH]c2nc(-n3cnc4ccc(C#N)cc43)ncc21.O[C@@H]1CCCc2cc(F)ccc21. The summed E-state index contributed by atoms with van der Waals surface area (Å²) in [5.74, 6) is 0.176. The van der Waals surface area contributed by atoms with Crippen LogP contribution < -0.4 is 5.69 Å². The number of rotatable bonds is 1. The van der Waals surface area contributed by atoms with E-state index in [1.54, 1.807) is 48.4 Å². The number of aromatic amines is 1. The van der Waals surface area contributed by atoms with Gasteiger partial charge in [-0.15, -0.1) is 0 Å². The molecule has 10 heteroatoms. The molecule has 6 rings (SSSR count). The minimum Gasteiger partial charge on any atom is -0.388 e. The van der Waals surface area contributed by atoms with Crippen LogP contribution in [0.3, 0.4) is 0 Å². The van der Waals surface area contributed by atoms with E-state index in [2.05, 4.69) is 26.0 Å². The number of imidazole rings is 2. The number of benzene rings is 2. The Hall–Kier alpha value is -4.36. The van der Waals surface area contributed by atoms with Gasteiger partial charge >= 0.3 is 5.69 Å². The maximum atomic E-state index is 12.7. The molecule has 3 aromatic heterocycles. The highest BCUT2D eigenvalue weighted by Crippen LogP contribution is 2.29. The first-order chi connectivity index (χ1) is 16.4. The predicted octanol–water partition coefficient (Wildman–Crippen LogP) is 3.06. The van der Waals surface area contributed by atoms with E-state index in [9.17, 15) is 14.3 Å². The van der Waals surface area contributed by atoms with Gasteiger partial charge in [0.25, 0.3) is 0 Å². The number of hydrogen-bond acceptors (Lipinski definition) is 6. The van der Waals surface area contributed by atoms with Crippen molar-refractivity contribution in [2.75, 3.05) is 0 Å². The van der Waals surface area contributed by atoms with Crippen molar-refractivity contribution in [3.8, 4) is 12.0 Å². The Morgan fingerprint density at radius 1 is 1.21 bits per heavy atom. The minimum absolute atomic E-state index is 0.206. The van der Waals surface area contributed by atoms with Crippen LogP contribution in [-0.2, 0) is 13.5 Å². The molecule has 0 radical (unpaired) electrons. The number of nitrogens with zero attached hydrogens (tertiary/aromatic N) is 6. The van der Waals surface area contributed by atoms with Crippen LogP contribution in [0.5, 0.6) is 0 Å². The molecule has 170 valence electrons. The number of nitriles is 1. The number of nitrogens with one attached hydrogen (secondary N) is 1. The van der Waals surface area contributed by atoms with Gasteiger partial charge in [0, 0.05) is 7.05 Å². The number of hydrogen-bond donors (Lipinski definition) is 2. The Bertz CT molecular complexity index is 1630. The fourth-order valence-corrected chi connectivity index (χ4v) is 4.11. The summed E-state index contributed by atoms with van der Waals surface area (Å²) in [5, 5.41) is 18.5. The summed E-state index contributed by atoms with van der Waals surface area (Å²) in [4.78, 5) is 27.2. The Morgan fingerprint density at radius 3 is 2.88 bits per heavy atom. The van der Waals surface area contributed by atoms with Crippen LogP contribution in [0.1, 0.15) is 35.6 Å². The molecule has 1 atom stereocenters. The van der Waals surface area contributed by atoms with Gasteiger partial charge in [0.05, 0.1) is 35.0 Å². The molecule has 0 aliphatic heterocycles. The Balaban J connectivity index is 0.000000169. The average Bonchev–Trinajstić information content (AvgIpc) is 3.39. The van der Waals surface area contributed by atoms with Gasteiger partial charge in [-0.2, -0.15) is 10.2 Å². The van der Waals surface area contributed by atoms with Gasteiger partial charge in [0.2, 0.25) is 5.95 Å². The van der Waals surface area contributed by atoms with E-state index in [0.29, 0.717) is 22.7 Å². The van der Waals surface area contributed by atoms with Crippen molar-refractivity contribution in [2.45, 2.75) is 25.4 Å². The van der Waals surface area contributed by atoms with Gasteiger partial charge in [0.1, 0.15) is 17.7 Å². The van der Waals surface area contributed by atoms with E-state index in [1.807, 2.05) is 0 Å². The zero-order valence-electron chi connectivity index (χ0n) is 18.2. The van der Waals surface area contributed by atoms with Crippen molar-refractivity contribution in [2.24, 2.45) is 7.05 Å². The lowest BCUT2D eigenvalue weighted by Crippen LogP contribution is -2.11. The lowest BCUT2D eigenvalue weighted by molar-refractivity contribution is 0.156. The topological polar surface area (TPSA) is 125 Å². The van der Waals surface area contributed by atoms with Crippen LogP contribution in [0.25, 0.3) is 28.1 Å². The summed E-state index contributed by atoms with van der Waals surface area (Å²) in [5.41, 5.74) is 4.70. The van der Waals surface area contributed by atoms with Gasteiger partial charge in [-0.1, -0.05) is 6.07 Å². The lowest BCUT2D eigenvalue weighted by atomic mass is 9.89. The smallest absolute Gasteiger partial charge is 0.327 e. The number of aliphatic hydroxyl groups is 1. The van der Waals surface area contributed by atoms with E-state index >= 15 is 0 Å². The Kier molecular flexibility index (Phi) is 5.39. The quantitative estimate of drug-likeness (QED) is 0.399. The van der Waals surface area contributed by atoms with Gasteiger partial charge in [-0.25, -0.2) is 19.2 Å². The maximum absolute atomic E-state index is 12.7. The van der Waals surface area contributed by atoms with E-state index in [0.717, 1.165) is 41.4 Å². The molecule has 0 amide bonds. The molecule has 2 N–H and O–H groups in total. The maximum Gasteiger partial charge on any atom is 0.327 e. The Morgan fingerprint density at radius 2 is 2.06 bits per heavy atom. The molecule has 0 saturated carbocycles. The van der Waals surface area contributed by atoms with Gasteiger partial charge in [-0.3, -0.25) is 14.1 Å². The van der Waals surface area contributed by atoms with E-state index in [-0.39, 0.29) is 17.6 Å². The summed E-state index contributed by atoms with van der Waals surface area (Å²) in [6.45, 7) is 0. The number of fused-ring (bicyclic) bond motifs is 3. The summed E-state index contributed by atoms with van der Waals surface area (Å²) in [6.07, 6.45) is 5.44. The third-order valence-electron chi connectivity index (χ3n) is 5.93. The van der Waals surface area contributed by atoms with Gasteiger partial charge in [-0.05, 0) is 60.7 Å². The highest BCUT2D eigenvalue weighted by molar-refractivity contribution is 5.79. The molecule has 0 spiro atoms. The third-order valence-corrected chi connectivity index (χ3v) is 5.93. The number of aromatic nitrogens is 6. The molecule has 0 bridgehead atoms. The van der Waals surface area contributed by atoms with Crippen molar-refractivity contribution in [3.63, 3.8) is 0 Å². The zero-order chi connectivity index (χ0) is 23.8. The first-order valence-electron chi connectivity index (χ1n) is 10.7. The fraction of sp³-hybridized carbons (Fsp3) is 0.208. The molecule has 0 fully saturated rings. The highest BCUT2D eigenvalue weighted by Gasteiger charge is 2.17. The van der Waals surface area contributed by atoms with Crippen molar-refractivity contribution in [1.82, 2.24) is 29.1 Å². The van der Waals surface area contributed by atoms with Gasteiger partial charge < -0.3 is 5.11 Å².